The van der Waals surface area contributed by atoms with Gasteiger partial charge in [-0.2, -0.15) is 0 Å². The van der Waals surface area contributed by atoms with Crippen LogP contribution in [0.3, 0.4) is 0 Å². The number of rotatable bonds is 1. The monoisotopic (exact) mass is 255 g/mol. The Balaban J connectivity index is 2.09. The smallest absolute Gasteiger partial charge is 0.0929 e. The maximum Gasteiger partial charge on any atom is 0.0929 e. The van der Waals surface area contributed by atoms with Crippen LogP contribution in [0.5, 0.6) is 0 Å². The van der Waals surface area contributed by atoms with E-state index in [2.05, 4.69) is 49.2 Å². The maximum atomic E-state index is 11.1. The topological polar surface area (TPSA) is 23.5 Å². The summed E-state index contributed by atoms with van der Waals surface area (Å²) in [4.78, 5) is 2.32. The molecule has 0 aromatic heterocycles. The number of hydrogen-bond donors (Lipinski definition) is 1. The zero-order chi connectivity index (χ0) is 13.5. The summed E-state index contributed by atoms with van der Waals surface area (Å²) in [5, 5.41) is 13.5. The van der Waals surface area contributed by atoms with Gasteiger partial charge in [-0.15, -0.1) is 0 Å². The molecule has 0 bridgehead atoms. The molecule has 0 amide bonds. The quantitative estimate of drug-likeness (QED) is 0.846. The predicted molar refractivity (Wildman–Crippen MR) is 79.2 cm³/mol. The van der Waals surface area contributed by atoms with Gasteiger partial charge in [0.05, 0.1) is 5.60 Å². The van der Waals surface area contributed by atoms with Crippen molar-refractivity contribution in [3.63, 3.8) is 0 Å². The lowest BCUT2D eigenvalue weighted by atomic mass is 9.79. The normalized spacial score (nSPS) is 28.7. The number of likely N-dealkylation sites (tertiary alicyclic amines) is 1. The highest BCUT2D eigenvalue weighted by atomic mass is 16.3. The minimum atomic E-state index is -0.688. The van der Waals surface area contributed by atoms with Crippen LogP contribution in [0.2, 0.25) is 0 Å². The van der Waals surface area contributed by atoms with Crippen molar-refractivity contribution >= 4 is 10.8 Å². The van der Waals surface area contributed by atoms with Crippen LogP contribution in [0.15, 0.2) is 42.5 Å². The van der Waals surface area contributed by atoms with Gasteiger partial charge in [-0.05, 0) is 43.1 Å². The summed E-state index contributed by atoms with van der Waals surface area (Å²) in [7, 11) is 2.13. The van der Waals surface area contributed by atoms with Gasteiger partial charge < -0.3 is 10.0 Å². The van der Waals surface area contributed by atoms with Crippen LogP contribution in [0.4, 0.5) is 0 Å². The Bertz CT molecular complexity index is 589. The highest BCUT2D eigenvalue weighted by Gasteiger charge is 2.37. The minimum Gasteiger partial charge on any atom is -0.385 e. The first kappa shape index (κ1) is 12.6. The second kappa shape index (κ2) is 4.62. The first-order valence-corrected chi connectivity index (χ1v) is 7.01. The van der Waals surface area contributed by atoms with Gasteiger partial charge >= 0.3 is 0 Å². The summed E-state index contributed by atoms with van der Waals surface area (Å²) in [5.41, 5.74) is 0.401. The minimum absolute atomic E-state index is 0.415. The highest BCUT2D eigenvalue weighted by molar-refractivity contribution is 5.86. The highest BCUT2D eigenvalue weighted by Crippen LogP contribution is 2.38. The van der Waals surface area contributed by atoms with E-state index in [0.29, 0.717) is 6.04 Å². The molecule has 2 aromatic carbocycles. The molecule has 100 valence electrons. The van der Waals surface area contributed by atoms with Gasteiger partial charge in [0.25, 0.3) is 0 Å². The van der Waals surface area contributed by atoms with Crippen LogP contribution in [0.1, 0.15) is 25.3 Å². The fourth-order valence-corrected chi connectivity index (χ4v) is 3.20. The van der Waals surface area contributed by atoms with E-state index in [-0.39, 0.29) is 0 Å². The number of fused-ring (bicyclic) bond motifs is 1. The molecule has 1 aliphatic rings. The summed E-state index contributed by atoms with van der Waals surface area (Å²) >= 11 is 0. The van der Waals surface area contributed by atoms with Crippen LogP contribution < -0.4 is 0 Å². The van der Waals surface area contributed by atoms with E-state index in [1.807, 2.05) is 12.1 Å². The molecule has 3 rings (SSSR count). The van der Waals surface area contributed by atoms with Crippen molar-refractivity contribution in [2.45, 2.75) is 31.4 Å². The van der Waals surface area contributed by atoms with Gasteiger partial charge in [-0.25, -0.2) is 0 Å². The Morgan fingerprint density at radius 2 is 1.89 bits per heavy atom. The van der Waals surface area contributed by atoms with E-state index in [9.17, 15) is 5.11 Å². The van der Waals surface area contributed by atoms with Crippen molar-refractivity contribution in [1.29, 1.82) is 0 Å². The lowest BCUT2D eigenvalue weighted by molar-refractivity contribution is -0.0397. The first-order chi connectivity index (χ1) is 9.10. The molecule has 0 aliphatic carbocycles. The van der Waals surface area contributed by atoms with E-state index >= 15 is 0 Å². The molecule has 1 aliphatic heterocycles. The molecule has 2 heteroatoms. The summed E-state index contributed by atoms with van der Waals surface area (Å²) < 4.78 is 0. The van der Waals surface area contributed by atoms with E-state index in [1.165, 1.54) is 10.8 Å². The molecular weight excluding hydrogens is 234 g/mol. The standard InChI is InChI=1S/C17H21NO/c1-13-12-17(19,10-11-18(13)2)16-9-5-7-14-6-3-4-8-15(14)16/h3-9,13,19H,10-12H2,1-2H3. The molecule has 0 spiro atoms. The summed E-state index contributed by atoms with van der Waals surface area (Å²) in [6.07, 6.45) is 1.61. The molecule has 1 fully saturated rings. The lowest BCUT2D eigenvalue weighted by Crippen LogP contribution is -2.46. The van der Waals surface area contributed by atoms with E-state index in [4.69, 9.17) is 0 Å². The van der Waals surface area contributed by atoms with Crippen molar-refractivity contribution in [3.05, 3.63) is 48.0 Å². The Labute approximate surface area is 114 Å². The average Bonchev–Trinajstić information content (AvgIpc) is 2.43. The Kier molecular flexibility index (Phi) is 3.08. The summed E-state index contributed by atoms with van der Waals surface area (Å²) in [6, 6.07) is 15.0. The maximum absolute atomic E-state index is 11.1. The summed E-state index contributed by atoms with van der Waals surface area (Å²) in [6.45, 7) is 3.14. The third-order valence-corrected chi connectivity index (χ3v) is 4.55. The molecule has 1 N–H and O–H groups in total. The third-order valence-electron chi connectivity index (χ3n) is 4.55. The number of piperidine rings is 1. The third kappa shape index (κ3) is 2.15. The fraction of sp³-hybridized carbons (Fsp3) is 0.412. The Hall–Kier alpha value is -1.38. The molecular formula is C17H21NO. The molecule has 2 nitrogen and oxygen atoms in total. The van der Waals surface area contributed by atoms with Gasteiger partial charge in [0.2, 0.25) is 0 Å². The van der Waals surface area contributed by atoms with Crippen LogP contribution in [-0.2, 0) is 5.60 Å². The zero-order valence-electron chi connectivity index (χ0n) is 11.6. The number of hydrogen-bond acceptors (Lipinski definition) is 2. The second-order valence-corrected chi connectivity index (χ2v) is 5.84. The van der Waals surface area contributed by atoms with Crippen molar-refractivity contribution in [2.75, 3.05) is 13.6 Å². The summed E-state index contributed by atoms with van der Waals surface area (Å²) in [5.74, 6) is 0. The molecule has 2 aromatic rings. The molecule has 0 radical (unpaired) electrons. The SMILES string of the molecule is CC1CC(O)(c2cccc3ccccc23)CCN1C. The first-order valence-electron chi connectivity index (χ1n) is 7.01. The van der Waals surface area contributed by atoms with Crippen molar-refractivity contribution in [2.24, 2.45) is 0 Å². The van der Waals surface area contributed by atoms with Gasteiger partial charge in [-0.1, -0.05) is 42.5 Å². The largest absolute Gasteiger partial charge is 0.385 e. The Morgan fingerprint density at radius 3 is 2.68 bits per heavy atom. The van der Waals surface area contributed by atoms with E-state index < -0.39 is 5.60 Å². The molecule has 1 heterocycles. The molecule has 1 saturated heterocycles. The zero-order valence-corrected chi connectivity index (χ0v) is 11.6. The van der Waals surface area contributed by atoms with Gasteiger partial charge in [0, 0.05) is 12.6 Å². The van der Waals surface area contributed by atoms with Crippen molar-refractivity contribution < 1.29 is 5.11 Å². The average molecular weight is 255 g/mol. The van der Waals surface area contributed by atoms with Crippen LogP contribution in [0, 0.1) is 0 Å². The van der Waals surface area contributed by atoms with Gasteiger partial charge in [0.1, 0.15) is 0 Å². The van der Waals surface area contributed by atoms with Crippen LogP contribution in [-0.4, -0.2) is 29.6 Å². The molecule has 0 saturated carbocycles. The molecule has 2 atom stereocenters. The lowest BCUT2D eigenvalue weighted by Gasteiger charge is -2.41. The second-order valence-electron chi connectivity index (χ2n) is 5.84. The fourth-order valence-electron chi connectivity index (χ4n) is 3.20. The predicted octanol–water partition coefficient (Wildman–Crippen LogP) is 3.14. The number of benzene rings is 2. The van der Waals surface area contributed by atoms with Crippen LogP contribution in [0.25, 0.3) is 10.8 Å². The molecule has 2 unspecified atom stereocenters. The van der Waals surface area contributed by atoms with Gasteiger partial charge in [-0.3, -0.25) is 0 Å². The van der Waals surface area contributed by atoms with Crippen LogP contribution >= 0.6 is 0 Å². The van der Waals surface area contributed by atoms with Crippen molar-refractivity contribution in [1.82, 2.24) is 4.90 Å². The Morgan fingerprint density at radius 1 is 1.16 bits per heavy atom. The van der Waals surface area contributed by atoms with E-state index in [1.54, 1.807) is 0 Å². The van der Waals surface area contributed by atoms with Gasteiger partial charge in [0.15, 0.2) is 0 Å². The van der Waals surface area contributed by atoms with Crippen molar-refractivity contribution in [3.8, 4) is 0 Å². The van der Waals surface area contributed by atoms with E-state index in [0.717, 1.165) is 24.9 Å². The number of aliphatic hydroxyl groups is 1. The molecule has 19 heavy (non-hydrogen) atoms. The number of nitrogens with zero attached hydrogens (tertiary/aromatic N) is 1.